The summed E-state index contributed by atoms with van der Waals surface area (Å²) in [5.74, 6) is 2.30. The maximum atomic E-state index is 9.42. The van der Waals surface area contributed by atoms with Crippen LogP contribution in [0.25, 0.3) is 0 Å². The van der Waals surface area contributed by atoms with Crippen LogP contribution in [0.3, 0.4) is 0 Å². The van der Waals surface area contributed by atoms with Crippen LogP contribution in [0.2, 0.25) is 0 Å². The van der Waals surface area contributed by atoms with Gasteiger partial charge >= 0.3 is 0 Å². The van der Waals surface area contributed by atoms with Crippen molar-refractivity contribution < 1.29 is 5.11 Å². The molecule has 100 valence electrons. The second-order valence-corrected chi connectivity index (χ2v) is 5.58. The van der Waals surface area contributed by atoms with Crippen molar-refractivity contribution in [2.75, 3.05) is 20.2 Å². The summed E-state index contributed by atoms with van der Waals surface area (Å²) < 4.78 is 2.26. The molecule has 1 aromatic rings. The molecule has 3 heterocycles. The molecule has 1 aromatic heterocycles. The molecule has 1 N–H and O–H groups in total. The molecule has 2 atom stereocenters. The van der Waals surface area contributed by atoms with Crippen molar-refractivity contribution >= 4 is 0 Å². The number of piperidine rings is 1. The van der Waals surface area contributed by atoms with Crippen LogP contribution >= 0.6 is 0 Å². The first-order valence-electron chi connectivity index (χ1n) is 7.05. The van der Waals surface area contributed by atoms with E-state index in [-0.39, 0.29) is 12.5 Å². The van der Waals surface area contributed by atoms with Crippen LogP contribution < -0.4 is 0 Å². The molecule has 0 saturated carbocycles. The zero-order chi connectivity index (χ0) is 12.5. The number of aliphatic hydroxyl groups is 1. The number of hydrogen-bond donors (Lipinski definition) is 1. The quantitative estimate of drug-likeness (QED) is 0.859. The predicted molar refractivity (Wildman–Crippen MR) is 68.3 cm³/mol. The average Bonchev–Trinajstić information content (AvgIpc) is 2.83. The molecule has 1 saturated heterocycles. The molecule has 5 nitrogen and oxygen atoms in total. The third-order valence-corrected chi connectivity index (χ3v) is 4.40. The van der Waals surface area contributed by atoms with Gasteiger partial charge in [0.1, 0.15) is 11.6 Å². The Kier molecular flexibility index (Phi) is 3.35. The molecule has 2 aliphatic rings. The fourth-order valence-corrected chi connectivity index (χ4v) is 3.30. The van der Waals surface area contributed by atoms with Crippen molar-refractivity contribution in [3.05, 3.63) is 11.6 Å². The van der Waals surface area contributed by atoms with Crippen molar-refractivity contribution in [3.8, 4) is 0 Å². The largest absolute Gasteiger partial charge is 0.396 e. The van der Waals surface area contributed by atoms with E-state index in [4.69, 9.17) is 0 Å². The molecular formula is C13H22N4O. The average molecular weight is 250 g/mol. The molecule has 1 fully saturated rings. The van der Waals surface area contributed by atoms with Gasteiger partial charge in [-0.3, -0.25) is 4.90 Å². The van der Waals surface area contributed by atoms with Gasteiger partial charge in [-0.1, -0.05) is 6.42 Å². The molecule has 5 heteroatoms. The maximum absolute atomic E-state index is 9.42. The lowest BCUT2D eigenvalue weighted by molar-refractivity contribution is 0.172. The standard InChI is InChI=1S/C13H22N4O/c1-16-7-3-2-6-11(16)13-15-14-12-10(9-18)5-4-8-17(12)13/h10-11,18H,2-9H2,1H3. The van der Waals surface area contributed by atoms with Crippen molar-refractivity contribution in [1.82, 2.24) is 19.7 Å². The predicted octanol–water partition coefficient (Wildman–Crippen LogP) is 1.30. The van der Waals surface area contributed by atoms with Crippen LogP contribution in [-0.2, 0) is 6.54 Å². The molecule has 0 aliphatic carbocycles. The van der Waals surface area contributed by atoms with E-state index in [2.05, 4.69) is 26.7 Å². The zero-order valence-corrected chi connectivity index (χ0v) is 11.0. The van der Waals surface area contributed by atoms with E-state index in [0.717, 1.165) is 37.6 Å². The summed E-state index contributed by atoms with van der Waals surface area (Å²) in [6.07, 6.45) is 5.90. The number of aliphatic hydroxyl groups excluding tert-OH is 1. The van der Waals surface area contributed by atoms with Crippen LogP contribution in [0, 0.1) is 0 Å². The molecule has 0 bridgehead atoms. The van der Waals surface area contributed by atoms with Gasteiger partial charge in [-0.25, -0.2) is 0 Å². The van der Waals surface area contributed by atoms with Crippen molar-refractivity contribution in [1.29, 1.82) is 0 Å². The first-order valence-corrected chi connectivity index (χ1v) is 7.05. The van der Waals surface area contributed by atoms with Crippen LogP contribution in [0.1, 0.15) is 55.7 Å². The van der Waals surface area contributed by atoms with E-state index in [1.165, 1.54) is 19.3 Å². The summed E-state index contributed by atoms with van der Waals surface area (Å²) in [5, 5.41) is 18.2. The Morgan fingerprint density at radius 1 is 1.11 bits per heavy atom. The normalized spacial score (nSPS) is 29.2. The first kappa shape index (κ1) is 12.1. The molecule has 2 aliphatic heterocycles. The van der Waals surface area contributed by atoms with E-state index in [9.17, 15) is 5.11 Å². The van der Waals surface area contributed by atoms with Gasteiger partial charge in [0.25, 0.3) is 0 Å². The highest BCUT2D eigenvalue weighted by atomic mass is 16.3. The first-order chi connectivity index (χ1) is 8.81. The van der Waals surface area contributed by atoms with Gasteiger partial charge < -0.3 is 9.67 Å². The van der Waals surface area contributed by atoms with E-state index in [0.29, 0.717) is 6.04 Å². The lowest BCUT2D eigenvalue weighted by atomic mass is 9.98. The van der Waals surface area contributed by atoms with Gasteiger partial charge in [-0.15, -0.1) is 10.2 Å². The number of fused-ring (bicyclic) bond motifs is 1. The Morgan fingerprint density at radius 3 is 2.72 bits per heavy atom. The molecule has 2 unspecified atom stereocenters. The van der Waals surface area contributed by atoms with Crippen LogP contribution in [-0.4, -0.2) is 45.0 Å². The minimum Gasteiger partial charge on any atom is -0.396 e. The van der Waals surface area contributed by atoms with E-state index in [1.807, 2.05) is 0 Å². The Morgan fingerprint density at radius 2 is 1.94 bits per heavy atom. The monoisotopic (exact) mass is 250 g/mol. The van der Waals surface area contributed by atoms with E-state index >= 15 is 0 Å². The molecule has 3 rings (SSSR count). The smallest absolute Gasteiger partial charge is 0.150 e. The Balaban J connectivity index is 1.91. The SMILES string of the molecule is CN1CCCCC1c1nnc2n1CCCC2CO. The summed E-state index contributed by atoms with van der Waals surface area (Å²) in [5.41, 5.74) is 0. The zero-order valence-electron chi connectivity index (χ0n) is 11.0. The van der Waals surface area contributed by atoms with Crippen LogP contribution in [0.15, 0.2) is 0 Å². The van der Waals surface area contributed by atoms with E-state index < -0.39 is 0 Å². The summed E-state index contributed by atoms with van der Waals surface area (Å²) >= 11 is 0. The van der Waals surface area contributed by atoms with Gasteiger partial charge in [0.05, 0.1) is 12.6 Å². The topological polar surface area (TPSA) is 54.2 Å². The second-order valence-electron chi connectivity index (χ2n) is 5.58. The van der Waals surface area contributed by atoms with Crippen LogP contribution in [0.5, 0.6) is 0 Å². The second kappa shape index (κ2) is 4.97. The van der Waals surface area contributed by atoms with Crippen LogP contribution in [0.4, 0.5) is 0 Å². The van der Waals surface area contributed by atoms with Gasteiger partial charge in [0.2, 0.25) is 0 Å². The van der Waals surface area contributed by atoms with E-state index in [1.54, 1.807) is 0 Å². The lowest BCUT2D eigenvalue weighted by Gasteiger charge is -2.33. The van der Waals surface area contributed by atoms with Gasteiger partial charge in [0, 0.05) is 12.5 Å². The highest BCUT2D eigenvalue weighted by molar-refractivity contribution is 5.09. The third kappa shape index (κ3) is 1.95. The number of rotatable bonds is 2. The van der Waals surface area contributed by atoms with Crippen molar-refractivity contribution in [2.24, 2.45) is 0 Å². The summed E-state index contributed by atoms with van der Waals surface area (Å²) in [4.78, 5) is 2.39. The fourth-order valence-electron chi connectivity index (χ4n) is 3.30. The van der Waals surface area contributed by atoms with Crippen molar-refractivity contribution in [3.63, 3.8) is 0 Å². The minimum absolute atomic E-state index is 0.189. The summed E-state index contributed by atoms with van der Waals surface area (Å²) in [6, 6.07) is 0.414. The number of aromatic nitrogens is 3. The van der Waals surface area contributed by atoms with Gasteiger partial charge in [-0.2, -0.15) is 0 Å². The molecule has 0 spiro atoms. The summed E-state index contributed by atoms with van der Waals surface area (Å²) in [7, 11) is 2.18. The molecule has 18 heavy (non-hydrogen) atoms. The summed E-state index contributed by atoms with van der Waals surface area (Å²) in [6.45, 7) is 2.35. The molecule has 0 amide bonds. The Labute approximate surface area is 108 Å². The lowest BCUT2D eigenvalue weighted by Crippen LogP contribution is -2.32. The highest BCUT2D eigenvalue weighted by Crippen LogP contribution is 2.33. The Bertz CT molecular complexity index is 417. The minimum atomic E-state index is 0.189. The third-order valence-electron chi connectivity index (χ3n) is 4.40. The molecular weight excluding hydrogens is 228 g/mol. The fraction of sp³-hybridized carbons (Fsp3) is 0.846. The maximum Gasteiger partial charge on any atom is 0.150 e. The van der Waals surface area contributed by atoms with Gasteiger partial charge in [0.15, 0.2) is 0 Å². The highest BCUT2D eigenvalue weighted by Gasteiger charge is 2.30. The van der Waals surface area contributed by atoms with Crippen molar-refractivity contribution in [2.45, 2.75) is 50.6 Å². The molecule has 0 aromatic carbocycles. The molecule has 0 radical (unpaired) electrons. The number of likely N-dealkylation sites (tertiary alicyclic amines) is 1. The van der Waals surface area contributed by atoms with Gasteiger partial charge in [-0.05, 0) is 39.3 Å². The number of hydrogen-bond acceptors (Lipinski definition) is 4. The number of nitrogens with zero attached hydrogens (tertiary/aromatic N) is 4. The Hall–Kier alpha value is -0.940.